The van der Waals surface area contributed by atoms with E-state index in [1.54, 1.807) is 0 Å². The van der Waals surface area contributed by atoms with Crippen molar-refractivity contribution < 1.29 is 4.42 Å². The quantitative estimate of drug-likeness (QED) is 0.585. The molecular weight excluding hydrogens is 314 g/mol. The first-order valence-corrected chi connectivity index (χ1v) is 9.68. The Bertz CT molecular complexity index is 533. The number of aliphatic imine (C=N–C) groups is 1. The van der Waals surface area contributed by atoms with E-state index in [1.807, 2.05) is 13.8 Å². The van der Waals surface area contributed by atoms with E-state index in [9.17, 15) is 0 Å². The van der Waals surface area contributed by atoms with Gasteiger partial charge in [0.25, 0.3) is 0 Å². The van der Waals surface area contributed by atoms with E-state index in [0.717, 1.165) is 30.5 Å². The van der Waals surface area contributed by atoms with Gasteiger partial charge in [-0.3, -0.25) is 4.90 Å². The van der Waals surface area contributed by atoms with Gasteiger partial charge in [-0.25, -0.2) is 9.98 Å². The molecule has 1 aliphatic rings. The number of nitrogens with one attached hydrogen (secondary N) is 2. The van der Waals surface area contributed by atoms with Crippen LogP contribution < -0.4 is 10.6 Å². The first-order chi connectivity index (χ1) is 12.0. The van der Waals surface area contributed by atoms with Crippen molar-refractivity contribution in [1.82, 2.24) is 20.5 Å². The third-order valence-corrected chi connectivity index (χ3v) is 4.64. The fourth-order valence-electron chi connectivity index (χ4n) is 3.31. The Morgan fingerprint density at radius 1 is 1.32 bits per heavy atom. The molecule has 2 heterocycles. The highest BCUT2D eigenvalue weighted by atomic mass is 16.4. The maximum atomic E-state index is 5.62. The number of likely N-dealkylation sites (tertiary alicyclic amines) is 1. The molecule has 2 rings (SSSR count). The van der Waals surface area contributed by atoms with Crippen LogP contribution in [0.1, 0.15) is 57.4 Å². The molecule has 0 saturated carbocycles. The molecular formula is C19H35N5O. The Morgan fingerprint density at radius 2 is 2.12 bits per heavy atom. The van der Waals surface area contributed by atoms with E-state index in [1.165, 1.54) is 32.4 Å². The number of rotatable bonds is 7. The van der Waals surface area contributed by atoms with Crippen LogP contribution in [0.25, 0.3) is 0 Å². The van der Waals surface area contributed by atoms with Crippen LogP contribution in [0.3, 0.4) is 0 Å². The summed E-state index contributed by atoms with van der Waals surface area (Å²) in [5.41, 5.74) is 0.940. The number of guanidine groups is 1. The maximum absolute atomic E-state index is 5.62. The summed E-state index contributed by atoms with van der Waals surface area (Å²) in [6.07, 6.45) is 3.90. The number of aryl methyl sites for hydroxylation is 2. The van der Waals surface area contributed by atoms with Crippen LogP contribution in [0, 0.1) is 19.8 Å². The van der Waals surface area contributed by atoms with Gasteiger partial charge in [0.15, 0.2) is 5.96 Å². The summed E-state index contributed by atoms with van der Waals surface area (Å²) >= 11 is 0. The highest BCUT2D eigenvalue weighted by Gasteiger charge is 2.22. The van der Waals surface area contributed by atoms with Gasteiger partial charge in [0.05, 0.1) is 5.69 Å². The normalized spacial score (nSPS) is 19.4. The van der Waals surface area contributed by atoms with Crippen molar-refractivity contribution in [2.75, 3.05) is 26.2 Å². The van der Waals surface area contributed by atoms with Crippen LogP contribution in [0.5, 0.6) is 0 Å². The largest absolute Gasteiger partial charge is 0.444 e. The fraction of sp³-hybridized carbons (Fsp3) is 0.789. The Kier molecular flexibility index (Phi) is 7.75. The lowest BCUT2D eigenvalue weighted by Gasteiger charge is -2.37. The topological polar surface area (TPSA) is 65.7 Å². The van der Waals surface area contributed by atoms with Crippen molar-refractivity contribution in [2.24, 2.45) is 10.9 Å². The van der Waals surface area contributed by atoms with Gasteiger partial charge in [-0.05, 0) is 46.1 Å². The van der Waals surface area contributed by atoms with Crippen molar-refractivity contribution in [3.05, 3.63) is 17.3 Å². The second-order valence-corrected chi connectivity index (χ2v) is 7.36. The van der Waals surface area contributed by atoms with E-state index in [4.69, 9.17) is 4.42 Å². The molecule has 1 aromatic rings. The van der Waals surface area contributed by atoms with Crippen LogP contribution in [-0.2, 0) is 6.54 Å². The SMILES string of the molecule is CCNC(=NCc1nc(C)c(C)o1)NCC1CCCCN1CC(C)C. The van der Waals surface area contributed by atoms with Gasteiger partial charge < -0.3 is 15.1 Å². The summed E-state index contributed by atoms with van der Waals surface area (Å²) in [4.78, 5) is 11.7. The molecule has 25 heavy (non-hydrogen) atoms. The molecule has 0 amide bonds. The van der Waals surface area contributed by atoms with Crippen molar-refractivity contribution in [3.8, 4) is 0 Å². The van der Waals surface area contributed by atoms with E-state index in [0.29, 0.717) is 24.4 Å². The molecule has 1 atom stereocenters. The minimum atomic E-state index is 0.463. The Morgan fingerprint density at radius 3 is 2.76 bits per heavy atom. The molecule has 6 nitrogen and oxygen atoms in total. The van der Waals surface area contributed by atoms with Crippen LogP contribution >= 0.6 is 0 Å². The lowest BCUT2D eigenvalue weighted by atomic mass is 10.0. The minimum absolute atomic E-state index is 0.463. The van der Waals surface area contributed by atoms with Gasteiger partial charge >= 0.3 is 0 Å². The number of hydrogen-bond acceptors (Lipinski definition) is 4. The molecule has 0 aliphatic carbocycles. The smallest absolute Gasteiger partial charge is 0.216 e. The Balaban J connectivity index is 1.91. The summed E-state index contributed by atoms with van der Waals surface area (Å²) in [5, 5.41) is 6.83. The Labute approximate surface area is 152 Å². The van der Waals surface area contributed by atoms with Crippen molar-refractivity contribution in [1.29, 1.82) is 0 Å². The van der Waals surface area contributed by atoms with Gasteiger partial charge in [-0.2, -0.15) is 0 Å². The zero-order chi connectivity index (χ0) is 18.2. The number of oxazole rings is 1. The first kappa shape index (κ1) is 19.8. The predicted molar refractivity (Wildman–Crippen MR) is 103 cm³/mol. The van der Waals surface area contributed by atoms with Crippen molar-refractivity contribution in [2.45, 2.75) is 66.5 Å². The predicted octanol–water partition coefficient (Wildman–Crippen LogP) is 2.86. The number of piperidine rings is 1. The van der Waals surface area contributed by atoms with Gasteiger partial charge in [0, 0.05) is 25.7 Å². The van der Waals surface area contributed by atoms with Gasteiger partial charge in [0.2, 0.25) is 5.89 Å². The standard InChI is InChI=1S/C19H35N5O/c1-6-20-19(22-12-18-23-15(4)16(5)25-18)21-11-17-9-7-8-10-24(17)13-14(2)3/h14,17H,6-13H2,1-5H3,(H2,20,21,22). The lowest BCUT2D eigenvalue weighted by molar-refractivity contribution is 0.133. The monoisotopic (exact) mass is 349 g/mol. The fourth-order valence-corrected chi connectivity index (χ4v) is 3.31. The van der Waals surface area contributed by atoms with Gasteiger partial charge in [0.1, 0.15) is 12.3 Å². The maximum Gasteiger partial charge on any atom is 0.216 e. The molecule has 142 valence electrons. The number of nitrogens with zero attached hydrogens (tertiary/aromatic N) is 3. The highest BCUT2D eigenvalue weighted by Crippen LogP contribution is 2.17. The van der Waals surface area contributed by atoms with Crippen LogP contribution in [0.15, 0.2) is 9.41 Å². The third kappa shape index (κ3) is 6.34. The third-order valence-electron chi connectivity index (χ3n) is 4.64. The Hall–Kier alpha value is -1.56. The van der Waals surface area contributed by atoms with Crippen LogP contribution in [-0.4, -0.2) is 48.1 Å². The molecule has 0 radical (unpaired) electrons. The second kappa shape index (κ2) is 9.80. The van der Waals surface area contributed by atoms with E-state index in [2.05, 4.69) is 46.3 Å². The number of aromatic nitrogens is 1. The second-order valence-electron chi connectivity index (χ2n) is 7.36. The van der Waals surface area contributed by atoms with E-state index >= 15 is 0 Å². The average molecular weight is 350 g/mol. The van der Waals surface area contributed by atoms with Crippen LogP contribution in [0.2, 0.25) is 0 Å². The minimum Gasteiger partial charge on any atom is -0.444 e. The van der Waals surface area contributed by atoms with E-state index < -0.39 is 0 Å². The number of hydrogen-bond donors (Lipinski definition) is 2. The summed E-state index contributed by atoms with van der Waals surface area (Å²) < 4.78 is 5.62. The zero-order valence-electron chi connectivity index (χ0n) is 16.6. The van der Waals surface area contributed by atoms with Crippen LogP contribution in [0.4, 0.5) is 0 Å². The molecule has 1 aliphatic heterocycles. The first-order valence-electron chi connectivity index (χ1n) is 9.68. The molecule has 0 bridgehead atoms. The molecule has 1 aromatic heterocycles. The lowest BCUT2D eigenvalue weighted by Crippen LogP contribution is -2.50. The molecule has 1 fully saturated rings. The molecule has 0 aromatic carbocycles. The molecule has 1 saturated heterocycles. The average Bonchev–Trinajstić information content (AvgIpc) is 2.89. The summed E-state index contributed by atoms with van der Waals surface area (Å²) in [5.74, 6) is 3.09. The molecule has 6 heteroatoms. The molecule has 2 N–H and O–H groups in total. The van der Waals surface area contributed by atoms with Crippen molar-refractivity contribution in [3.63, 3.8) is 0 Å². The summed E-state index contributed by atoms with van der Waals surface area (Å²) in [7, 11) is 0. The molecule has 0 spiro atoms. The summed E-state index contributed by atoms with van der Waals surface area (Å²) in [6, 6.07) is 0.589. The molecule has 1 unspecified atom stereocenters. The zero-order valence-corrected chi connectivity index (χ0v) is 16.6. The van der Waals surface area contributed by atoms with E-state index in [-0.39, 0.29) is 0 Å². The summed E-state index contributed by atoms with van der Waals surface area (Å²) in [6.45, 7) is 15.2. The highest BCUT2D eigenvalue weighted by molar-refractivity contribution is 5.79. The van der Waals surface area contributed by atoms with Gasteiger partial charge in [-0.15, -0.1) is 0 Å². The van der Waals surface area contributed by atoms with Crippen molar-refractivity contribution >= 4 is 5.96 Å². The van der Waals surface area contributed by atoms with Gasteiger partial charge in [-0.1, -0.05) is 20.3 Å².